The number of piperidine rings is 1. The Bertz CT molecular complexity index is 697. The van der Waals surface area contributed by atoms with Crippen molar-refractivity contribution < 1.29 is 14.6 Å². The minimum atomic E-state index is -0.480. The average molecular weight is 394 g/mol. The number of hydrogen-bond acceptors (Lipinski definition) is 6. The molecule has 1 amide bonds. The van der Waals surface area contributed by atoms with Crippen LogP contribution in [0, 0.1) is 0 Å². The third-order valence-corrected chi connectivity index (χ3v) is 7.72. The summed E-state index contributed by atoms with van der Waals surface area (Å²) in [5, 5.41) is 10.3. The number of ether oxygens (including phenoxy) is 1. The molecule has 4 rings (SSSR count). The normalized spacial score (nSPS) is 28.1. The van der Waals surface area contributed by atoms with Gasteiger partial charge in [0.15, 0.2) is 0 Å². The second-order valence-corrected chi connectivity index (χ2v) is 9.42. The van der Waals surface area contributed by atoms with Gasteiger partial charge in [-0.3, -0.25) is 4.79 Å². The Morgan fingerprint density at radius 3 is 2.74 bits per heavy atom. The molecule has 2 fully saturated rings. The number of aliphatic hydroxyl groups excluding tert-OH is 1. The molecular weight excluding hydrogens is 362 g/mol. The van der Waals surface area contributed by atoms with E-state index in [1.165, 1.54) is 10.4 Å². The molecule has 6 nitrogen and oxygen atoms in total. The van der Waals surface area contributed by atoms with Crippen molar-refractivity contribution in [3.8, 4) is 0 Å². The van der Waals surface area contributed by atoms with Gasteiger partial charge in [0.2, 0.25) is 0 Å². The summed E-state index contributed by atoms with van der Waals surface area (Å²) in [5.74, 6) is 0.0546. The van der Waals surface area contributed by atoms with Crippen LogP contribution < -0.4 is 0 Å². The molecule has 1 spiro atoms. The Morgan fingerprint density at radius 1 is 1.37 bits per heavy atom. The lowest BCUT2D eigenvalue weighted by atomic mass is 9.82. The van der Waals surface area contributed by atoms with E-state index in [0.29, 0.717) is 13.1 Å². The lowest BCUT2D eigenvalue weighted by Gasteiger charge is -2.43. The highest BCUT2D eigenvalue weighted by Crippen LogP contribution is 2.44. The quantitative estimate of drug-likeness (QED) is 0.841. The molecule has 2 atom stereocenters. The maximum Gasteiger partial charge on any atom is 0.264 e. The van der Waals surface area contributed by atoms with Gasteiger partial charge in [0.1, 0.15) is 0 Å². The van der Waals surface area contributed by atoms with Gasteiger partial charge in [-0.1, -0.05) is 6.92 Å². The second-order valence-electron chi connectivity index (χ2n) is 8.28. The lowest BCUT2D eigenvalue weighted by Crippen LogP contribution is -2.46. The molecular formula is C20H31N3O3S. The SMILES string of the molecule is CCN1CCC2(CC1)OCCc1sc(C(=O)N3C[C@H](O)[C@@H](N(C)C)C3)cc12. The van der Waals surface area contributed by atoms with Gasteiger partial charge < -0.3 is 24.5 Å². The molecule has 7 heteroatoms. The number of rotatable bonds is 3. The third kappa shape index (κ3) is 3.44. The van der Waals surface area contributed by atoms with E-state index in [2.05, 4.69) is 17.9 Å². The number of aliphatic hydroxyl groups is 1. The zero-order valence-electron chi connectivity index (χ0n) is 16.6. The molecule has 0 radical (unpaired) electrons. The topological polar surface area (TPSA) is 56.3 Å². The first-order chi connectivity index (χ1) is 12.9. The van der Waals surface area contributed by atoms with E-state index >= 15 is 0 Å². The van der Waals surface area contributed by atoms with E-state index in [4.69, 9.17) is 4.74 Å². The van der Waals surface area contributed by atoms with Crippen LogP contribution in [-0.4, -0.2) is 91.3 Å². The zero-order chi connectivity index (χ0) is 19.2. The van der Waals surface area contributed by atoms with Crippen LogP contribution in [0.1, 0.15) is 39.9 Å². The molecule has 0 bridgehead atoms. The van der Waals surface area contributed by atoms with Crippen LogP contribution in [0.4, 0.5) is 0 Å². The predicted molar refractivity (Wildman–Crippen MR) is 106 cm³/mol. The van der Waals surface area contributed by atoms with Gasteiger partial charge >= 0.3 is 0 Å². The van der Waals surface area contributed by atoms with Crippen molar-refractivity contribution in [3.63, 3.8) is 0 Å². The molecule has 1 N–H and O–H groups in total. The molecule has 150 valence electrons. The van der Waals surface area contributed by atoms with Crippen LogP contribution in [0.25, 0.3) is 0 Å². The smallest absolute Gasteiger partial charge is 0.264 e. The molecule has 0 saturated carbocycles. The standard InChI is InChI=1S/C20H31N3O3S/c1-4-22-8-6-20(7-9-22)14-11-18(27-17(14)5-10-26-20)19(25)23-12-15(21(2)3)16(24)13-23/h11,15-16,24H,4-10,12-13H2,1-3H3/t15-,16-/m0/s1. The van der Waals surface area contributed by atoms with Crippen LogP contribution in [0.2, 0.25) is 0 Å². The van der Waals surface area contributed by atoms with Crippen LogP contribution in [0.15, 0.2) is 6.07 Å². The summed E-state index contributed by atoms with van der Waals surface area (Å²) in [5.41, 5.74) is 1.05. The Balaban J connectivity index is 1.54. The van der Waals surface area contributed by atoms with Crippen molar-refractivity contribution in [2.75, 3.05) is 53.4 Å². The molecule has 0 aliphatic carbocycles. The number of β-amino-alcohol motifs (C(OH)–C–C–N with tert-alkyl or cyclic N) is 1. The summed E-state index contributed by atoms with van der Waals surface area (Å²) in [4.78, 5) is 21.5. The highest BCUT2D eigenvalue weighted by molar-refractivity contribution is 7.14. The zero-order valence-corrected chi connectivity index (χ0v) is 17.4. The Kier molecular flexibility index (Phi) is 5.33. The number of hydrogen-bond donors (Lipinski definition) is 1. The highest BCUT2D eigenvalue weighted by Gasteiger charge is 2.43. The molecule has 4 heterocycles. The number of carbonyl (C=O) groups excluding carboxylic acids is 1. The minimum Gasteiger partial charge on any atom is -0.390 e. The fourth-order valence-electron chi connectivity index (χ4n) is 4.77. The van der Waals surface area contributed by atoms with Crippen LogP contribution in [0.5, 0.6) is 0 Å². The number of carbonyl (C=O) groups is 1. The van der Waals surface area contributed by atoms with E-state index in [1.807, 2.05) is 19.0 Å². The van der Waals surface area contributed by atoms with Crippen molar-refractivity contribution >= 4 is 17.2 Å². The third-order valence-electron chi connectivity index (χ3n) is 6.54. The van der Waals surface area contributed by atoms with Gasteiger partial charge in [-0.2, -0.15) is 0 Å². The van der Waals surface area contributed by atoms with Crippen LogP contribution >= 0.6 is 11.3 Å². The molecule has 2 saturated heterocycles. The first-order valence-corrected chi connectivity index (χ1v) is 10.9. The number of thiophene rings is 1. The number of nitrogens with zero attached hydrogens (tertiary/aromatic N) is 3. The molecule has 3 aliphatic heterocycles. The molecule has 1 aromatic heterocycles. The number of fused-ring (bicyclic) bond motifs is 2. The summed E-state index contributed by atoms with van der Waals surface area (Å²) < 4.78 is 6.32. The van der Waals surface area contributed by atoms with Crippen molar-refractivity contribution in [2.45, 2.75) is 43.9 Å². The Morgan fingerprint density at radius 2 is 2.11 bits per heavy atom. The first kappa shape index (κ1) is 19.3. The van der Waals surface area contributed by atoms with Gasteiger partial charge in [-0.15, -0.1) is 11.3 Å². The molecule has 0 aromatic carbocycles. The van der Waals surface area contributed by atoms with Gasteiger partial charge in [-0.05, 0) is 45.1 Å². The summed E-state index contributed by atoms with van der Waals surface area (Å²) in [7, 11) is 3.91. The number of likely N-dealkylation sites (N-methyl/N-ethyl adjacent to an activating group) is 1. The average Bonchev–Trinajstić information content (AvgIpc) is 3.27. The lowest BCUT2D eigenvalue weighted by molar-refractivity contribution is -0.0964. The summed E-state index contributed by atoms with van der Waals surface area (Å²) in [6.45, 7) is 7.15. The molecule has 0 unspecified atom stereocenters. The van der Waals surface area contributed by atoms with E-state index in [-0.39, 0.29) is 17.6 Å². The molecule has 27 heavy (non-hydrogen) atoms. The van der Waals surface area contributed by atoms with Crippen molar-refractivity contribution in [3.05, 3.63) is 21.4 Å². The van der Waals surface area contributed by atoms with Gasteiger partial charge in [0, 0.05) is 37.5 Å². The van der Waals surface area contributed by atoms with E-state index in [9.17, 15) is 9.90 Å². The first-order valence-electron chi connectivity index (χ1n) is 10.1. The summed E-state index contributed by atoms with van der Waals surface area (Å²) in [6.07, 6.45) is 2.42. The van der Waals surface area contributed by atoms with E-state index in [0.717, 1.165) is 50.4 Å². The van der Waals surface area contributed by atoms with Crippen molar-refractivity contribution in [2.24, 2.45) is 0 Å². The van der Waals surface area contributed by atoms with E-state index in [1.54, 1.807) is 16.2 Å². The number of amides is 1. The second kappa shape index (κ2) is 7.44. The Hall–Kier alpha value is -0.990. The van der Waals surface area contributed by atoms with Gasteiger partial charge in [0.25, 0.3) is 5.91 Å². The van der Waals surface area contributed by atoms with Crippen molar-refractivity contribution in [1.29, 1.82) is 0 Å². The van der Waals surface area contributed by atoms with Gasteiger partial charge in [-0.25, -0.2) is 0 Å². The fourth-order valence-corrected chi connectivity index (χ4v) is 5.96. The molecule has 1 aromatic rings. The van der Waals surface area contributed by atoms with Crippen LogP contribution in [0.3, 0.4) is 0 Å². The summed E-state index contributed by atoms with van der Waals surface area (Å²) >= 11 is 1.64. The highest BCUT2D eigenvalue weighted by atomic mass is 32.1. The minimum absolute atomic E-state index is 0.0107. The monoisotopic (exact) mass is 393 g/mol. The maximum atomic E-state index is 13.1. The molecule has 3 aliphatic rings. The van der Waals surface area contributed by atoms with Crippen LogP contribution in [-0.2, 0) is 16.8 Å². The summed E-state index contributed by atoms with van der Waals surface area (Å²) in [6, 6.07) is 2.11. The maximum absolute atomic E-state index is 13.1. The van der Waals surface area contributed by atoms with Gasteiger partial charge in [0.05, 0.1) is 29.2 Å². The Labute approximate surface area is 165 Å². The van der Waals surface area contributed by atoms with Crippen molar-refractivity contribution in [1.82, 2.24) is 14.7 Å². The predicted octanol–water partition coefficient (Wildman–Crippen LogP) is 1.38. The largest absolute Gasteiger partial charge is 0.390 e. The fraction of sp³-hybridized carbons (Fsp3) is 0.750. The van der Waals surface area contributed by atoms with E-state index < -0.39 is 6.10 Å². The number of likely N-dealkylation sites (tertiary alicyclic amines) is 2.